The number of rotatable bonds is 6. The van der Waals surface area contributed by atoms with Gasteiger partial charge in [-0.3, -0.25) is 0 Å². The second-order valence-corrected chi connectivity index (χ2v) is 4.96. The molecule has 20 heavy (non-hydrogen) atoms. The van der Waals surface area contributed by atoms with E-state index >= 15 is 0 Å². The third-order valence-electron chi connectivity index (χ3n) is 2.54. The van der Waals surface area contributed by atoms with Crippen LogP contribution in [0.5, 0.6) is 0 Å². The van der Waals surface area contributed by atoms with E-state index in [-0.39, 0.29) is 0 Å². The summed E-state index contributed by atoms with van der Waals surface area (Å²) >= 11 is 11.2. The Morgan fingerprint density at radius 1 is 1.40 bits per heavy atom. The molecular formula is C14H19ClN2O2S. The molecule has 0 atom stereocenters. The Bertz CT molecular complexity index is 480. The lowest BCUT2D eigenvalue weighted by Crippen LogP contribution is -2.29. The van der Waals surface area contributed by atoms with Crippen LogP contribution in [0.25, 0.3) is 0 Å². The van der Waals surface area contributed by atoms with Crippen LogP contribution in [-0.4, -0.2) is 24.2 Å². The number of halogens is 1. The topological polar surface area (TPSA) is 50.4 Å². The maximum absolute atomic E-state index is 11.7. The third-order valence-corrected chi connectivity index (χ3v) is 3.11. The molecule has 0 bridgehead atoms. The minimum atomic E-state index is -0.439. The minimum absolute atomic E-state index is 0.309. The molecule has 110 valence electrons. The largest absolute Gasteiger partial charge is 0.462 e. The van der Waals surface area contributed by atoms with Crippen LogP contribution in [-0.2, 0) is 4.74 Å². The Hall–Kier alpha value is -1.33. The van der Waals surface area contributed by atoms with Crippen molar-refractivity contribution in [2.24, 2.45) is 0 Å². The van der Waals surface area contributed by atoms with Crippen LogP contribution < -0.4 is 10.6 Å². The highest BCUT2D eigenvalue weighted by atomic mass is 35.5. The van der Waals surface area contributed by atoms with E-state index in [0.717, 1.165) is 19.4 Å². The fraction of sp³-hybridized carbons (Fsp3) is 0.429. The molecule has 1 aromatic carbocycles. The zero-order chi connectivity index (χ0) is 15.0. The summed E-state index contributed by atoms with van der Waals surface area (Å²) in [5.74, 6) is -0.439. The first-order valence-electron chi connectivity index (χ1n) is 6.60. The summed E-state index contributed by atoms with van der Waals surface area (Å²) < 4.78 is 4.95. The molecule has 6 heteroatoms. The van der Waals surface area contributed by atoms with Gasteiger partial charge < -0.3 is 15.4 Å². The van der Waals surface area contributed by atoms with Crippen molar-refractivity contribution in [2.75, 3.05) is 18.5 Å². The summed E-state index contributed by atoms with van der Waals surface area (Å²) in [5.41, 5.74) is 1.03. The van der Waals surface area contributed by atoms with E-state index < -0.39 is 5.97 Å². The molecule has 0 heterocycles. The second kappa shape index (κ2) is 8.76. The molecule has 1 rings (SSSR count). The first kappa shape index (κ1) is 16.7. The van der Waals surface area contributed by atoms with Gasteiger partial charge in [0.25, 0.3) is 0 Å². The first-order valence-corrected chi connectivity index (χ1v) is 7.38. The van der Waals surface area contributed by atoms with Gasteiger partial charge in [-0.15, -0.1) is 0 Å². The normalized spacial score (nSPS) is 9.95. The summed E-state index contributed by atoms with van der Waals surface area (Å²) in [6.07, 6.45) is 2.15. The van der Waals surface area contributed by atoms with Crippen LogP contribution in [0.2, 0.25) is 5.02 Å². The van der Waals surface area contributed by atoms with Gasteiger partial charge in [-0.25, -0.2) is 4.79 Å². The van der Waals surface area contributed by atoms with E-state index in [1.807, 2.05) is 0 Å². The van der Waals surface area contributed by atoms with Crippen LogP contribution in [0.4, 0.5) is 5.69 Å². The highest BCUT2D eigenvalue weighted by Crippen LogP contribution is 2.21. The number of carbonyl (C=O) groups is 1. The van der Waals surface area contributed by atoms with E-state index in [2.05, 4.69) is 17.6 Å². The monoisotopic (exact) mass is 314 g/mol. The highest BCUT2D eigenvalue weighted by Gasteiger charge is 2.12. The Labute approximate surface area is 129 Å². The first-order chi connectivity index (χ1) is 9.58. The average molecular weight is 315 g/mol. The predicted octanol–water partition coefficient (Wildman–Crippen LogP) is 3.60. The molecule has 0 spiro atoms. The molecule has 0 aliphatic heterocycles. The fourth-order valence-electron chi connectivity index (χ4n) is 1.52. The van der Waals surface area contributed by atoms with Crippen molar-refractivity contribution in [3.05, 3.63) is 28.8 Å². The molecule has 0 fully saturated rings. The maximum atomic E-state index is 11.7. The van der Waals surface area contributed by atoms with Crippen molar-refractivity contribution in [3.63, 3.8) is 0 Å². The molecule has 4 nitrogen and oxygen atoms in total. The van der Waals surface area contributed by atoms with Gasteiger partial charge in [-0.05, 0) is 43.8 Å². The third kappa shape index (κ3) is 5.35. The molecule has 0 aromatic heterocycles. The van der Waals surface area contributed by atoms with Gasteiger partial charge in [-0.2, -0.15) is 0 Å². The Morgan fingerprint density at radius 3 is 2.80 bits per heavy atom. The quantitative estimate of drug-likeness (QED) is 0.477. The Balaban J connectivity index is 2.69. The maximum Gasteiger partial charge on any atom is 0.339 e. The Kier molecular flexibility index (Phi) is 7.33. The molecule has 0 saturated carbocycles. The highest BCUT2D eigenvalue weighted by molar-refractivity contribution is 7.80. The van der Waals surface area contributed by atoms with Gasteiger partial charge in [0.1, 0.15) is 0 Å². The number of esters is 1. The summed E-state index contributed by atoms with van der Waals surface area (Å²) in [4.78, 5) is 11.7. The number of unbranched alkanes of at least 4 members (excludes halogenated alkanes) is 1. The zero-order valence-electron chi connectivity index (χ0n) is 11.7. The van der Waals surface area contributed by atoms with Crippen LogP contribution in [0, 0.1) is 0 Å². The predicted molar refractivity (Wildman–Crippen MR) is 86.5 cm³/mol. The van der Waals surface area contributed by atoms with Crippen molar-refractivity contribution in [1.29, 1.82) is 0 Å². The SMILES string of the molecule is CCCCNC(=S)Nc1ccc(Cl)c(C(=O)OCC)c1. The van der Waals surface area contributed by atoms with E-state index in [0.29, 0.717) is 28.0 Å². The molecule has 0 aliphatic carbocycles. The lowest BCUT2D eigenvalue weighted by molar-refractivity contribution is 0.0526. The van der Waals surface area contributed by atoms with Gasteiger partial charge in [0.05, 0.1) is 17.2 Å². The fourth-order valence-corrected chi connectivity index (χ4v) is 1.94. The number of thiocarbonyl (C=S) groups is 1. The van der Waals surface area contributed by atoms with Crippen molar-refractivity contribution < 1.29 is 9.53 Å². The van der Waals surface area contributed by atoms with E-state index in [9.17, 15) is 4.79 Å². The van der Waals surface area contributed by atoms with Gasteiger partial charge in [0, 0.05) is 12.2 Å². The standard InChI is InChI=1S/C14H19ClN2O2S/c1-3-5-8-16-14(20)17-10-6-7-12(15)11(9-10)13(18)19-4-2/h6-7,9H,3-5,8H2,1-2H3,(H2,16,17,20). The number of hydrogen-bond donors (Lipinski definition) is 2. The number of ether oxygens (including phenoxy) is 1. The molecule has 0 radical (unpaired) electrons. The molecule has 2 N–H and O–H groups in total. The lowest BCUT2D eigenvalue weighted by atomic mass is 10.2. The molecule has 0 saturated heterocycles. The van der Waals surface area contributed by atoms with Crippen molar-refractivity contribution in [2.45, 2.75) is 26.7 Å². The average Bonchev–Trinajstić information content (AvgIpc) is 2.41. The number of benzene rings is 1. The summed E-state index contributed by atoms with van der Waals surface area (Å²) in [7, 11) is 0. The minimum Gasteiger partial charge on any atom is -0.462 e. The number of carbonyl (C=O) groups excluding carboxylic acids is 1. The van der Waals surface area contributed by atoms with Crippen molar-refractivity contribution in [3.8, 4) is 0 Å². The molecule has 0 amide bonds. The summed E-state index contributed by atoms with van der Waals surface area (Å²) in [6.45, 7) is 4.99. The van der Waals surface area contributed by atoms with E-state index in [4.69, 9.17) is 28.6 Å². The number of hydrogen-bond acceptors (Lipinski definition) is 3. The summed E-state index contributed by atoms with van der Waals surface area (Å²) in [6, 6.07) is 5.04. The van der Waals surface area contributed by atoms with Gasteiger partial charge in [0.2, 0.25) is 0 Å². The van der Waals surface area contributed by atoms with Crippen LogP contribution in [0.15, 0.2) is 18.2 Å². The van der Waals surface area contributed by atoms with Gasteiger partial charge in [0.15, 0.2) is 5.11 Å². The lowest BCUT2D eigenvalue weighted by Gasteiger charge is -2.11. The zero-order valence-corrected chi connectivity index (χ0v) is 13.2. The van der Waals surface area contributed by atoms with E-state index in [1.165, 1.54) is 0 Å². The molecule has 0 unspecified atom stereocenters. The Morgan fingerprint density at radius 2 is 2.15 bits per heavy atom. The second-order valence-electron chi connectivity index (χ2n) is 4.15. The van der Waals surface area contributed by atoms with Crippen LogP contribution >= 0.6 is 23.8 Å². The molecule has 0 aliphatic rings. The number of nitrogens with one attached hydrogen (secondary N) is 2. The van der Waals surface area contributed by atoms with Gasteiger partial charge in [-0.1, -0.05) is 24.9 Å². The van der Waals surface area contributed by atoms with E-state index in [1.54, 1.807) is 25.1 Å². The molecular weight excluding hydrogens is 296 g/mol. The van der Waals surface area contributed by atoms with Crippen molar-refractivity contribution in [1.82, 2.24) is 5.32 Å². The number of anilines is 1. The van der Waals surface area contributed by atoms with Crippen LogP contribution in [0.3, 0.4) is 0 Å². The van der Waals surface area contributed by atoms with Crippen LogP contribution in [0.1, 0.15) is 37.0 Å². The van der Waals surface area contributed by atoms with Gasteiger partial charge >= 0.3 is 5.97 Å². The smallest absolute Gasteiger partial charge is 0.339 e. The van der Waals surface area contributed by atoms with Crippen molar-refractivity contribution >= 4 is 40.6 Å². The summed E-state index contributed by atoms with van der Waals surface area (Å²) in [5, 5.41) is 6.99. The molecule has 1 aromatic rings.